The Bertz CT molecular complexity index is 865. The van der Waals surface area contributed by atoms with E-state index >= 15 is 0 Å². The number of aryl methyl sites for hydroxylation is 1. The van der Waals surface area contributed by atoms with Gasteiger partial charge >= 0.3 is 0 Å². The lowest BCUT2D eigenvalue weighted by atomic mass is 10.1. The number of fused-ring (bicyclic) bond motifs is 1. The number of aromatic nitrogens is 2. The zero-order valence-corrected chi connectivity index (χ0v) is 15.2. The first-order chi connectivity index (χ1) is 11.0. The highest BCUT2D eigenvalue weighted by atomic mass is 79.9. The summed E-state index contributed by atoms with van der Waals surface area (Å²) in [5.74, 6) is 0.817. The first kappa shape index (κ1) is 16.1. The van der Waals surface area contributed by atoms with Gasteiger partial charge in [-0.2, -0.15) is 0 Å². The van der Waals surface area contributed by atoms with Crippen LogP contribution in [0.2, 0.25) is 0 Å². The van der Waals surface area contributed by atoms with Gasteiger partial charge in [0.15, 0.2) is 5.78 Å². The Morgan fingerprint density at radius 3 is 2.52 bits per heavy atom. The molecule has 3 nitrogen and oxygen atoms in total. The molecule has 5 heteroatoms. The van der Waals surface area contributed by atoms with Crippen LogP contribution >= 0.6 is 27.7 Å². The smallest absolute Gasteiger partial charge is 0.175 e. The summed E-state index contributed by atoms with van der Waals surface area (Å²) in [5.41, 5.74) is 1.62. The molecule has 23 heavy (non-hydrogen) atoms. The zero-order chi connectivity index (χ0) is 16.4. The largest absolute Gasteiger partial charge is 0.293 e. The van der Waals surface area contributed by atoms with Crippen molar-refractivity contribution in [2.45, 2.75) is 24.1 Å². The van der Waals surface area contributed by atoms with E-state index in [2.05, 4.69) is 25.9 Å². The van der Waals surface area contributed by atoms with Crippen molar-refractivity contribution in [1.82, 2.24) is 9.97 Å². The molecule has 0 aliphatic heterocycles. The highest BCUT2D eigenvalue weighted by Crippen LogP contribution is 2.30. The van der Waals surface area contributed by atoms with Gasteiger partial charge in [0.05, 0.1) is 10.8 Å². The lowest BCUT2D eigenvalue weighted by Gasteiger charge is -2.12. The van der Waals surface area contributed by atoms with Gasteiger partial charge < -0.3 is 0 Å². The molecule has 1 atom stereocenters. The number of hydrogen-bond acceptors (Lipinski definition) is 4. The Kier molecular flexibility index (Phi) is 4.78. The van der Waals surface area contributed by atoms with Crippen molar-refractivity contribution >= 4 is 44.4 Å². The Labute approximate surface area is 147 Å². The van der Waals surface area contributed by atoms with Crippen LogP contribution in [-0.2, 0) is 0 Å². The summed E-state index contributed by atoms with van der Waals surface area (Å²) in [6.07, 6.45) is 0. The van der Waals surface area contributed by atoms with Crippen LogP contribution in [-0.4, -0.2) is 21.0 Å². The van der Waals surface area contributed by atoms with Crippen molar-refractivity contribution in [3.05, 3.63) is 64.4 Å². The fourth-order valence-electron chi connectivity index (χ4n) is 2.32. The van der Waals surface area contributed by atoms with Crippen molar-refractivity contribution in [2.24, 2.45) is 0 Å². The van der Waals surface area contributed by atoms with Crippen LogP contribution in [0.1, 0.15) is 23.1 Å². The maximum atomic E-state index is 12.6. The highest BCUT2D eigenvalue weighted by Gasteiger charge is 2.19. The number of ketones is 1. The maximum absolute atomic E-state index is 12.6. The third kappa shape index (κ3) is 3.62. The molecule has 0 bridgehead atoms. The minimum absolute atomic E-state index is 0.0999. The van der Waals surface area contributed by atoms with Crippen LogP contribution in [0.4, 0.5) is 0 Å². The lowest BCUT2D eigenvalue weighted by molar-refractivity contribution is 0.0994. The molecule has 0 aliphatic carbocycles. The van der Waals surface area contributed by atoms with E-state index < -0.39 is 0 Å². The molecule has 2 aromatic carbocycles. The minimum atomic E-state index is -0.214. The Hall–Kier alpha value is -1.72. The number of hydrogen-bond donors (Lipinski definition) is 0. The standard InChI is InChI=1S/C18H15BrN2OS/c1-11(17(22)13-7-9-14(19)10-8-13)23-18-15-5-3-4-6-16(15)20-12(2)21-18/h3-11H,1-2H3/t11-/m0/s1. The number of carbonyl (C=O) groups excluding carboxylic acids is 1. The van der Waals surface area contributed by atoms with E-state index in [-0.39, 0.29) is 11.0 Å². The number of benzene rings is 2. The van der Waals surface area contributed by atoms with Crippen molar-refractivity contribution in [3.8, 4) is 0 Å². The highest BCUT2D eigenvalue weighted by molar-refractivity contribution is 9.10. The van der Waals surface area contributed by atoms with Gasteiger partial charge in [-0.1, -0.05) is 58.0 Å². The van der Waals surface area contributed by atoms with E-state index in [9.17, 15) is 4.79 Å². The molecule has 0 aliphatic rings. The second-order valence-electron chi connectivity index (χ2n) is 5.22. The van der Waals surface area contributed by atoms with Gasteiger partial charge in [-0.05, 0) is 32.0 Å². The number of para-hydroxylation sites is 1. The zero-order valence-electron chi connectivity index (χ0n) is 12.8. The van der Waals surface area contributed by atoms with Gasteiger partial charge in [0.2, 0.25) is 0 Å². The van der Waals surface area contributed by atoms with Gasteiger partial charge in [0, 0.05) is 15.4 Å². The van der Waals surface area contributed by atoms with Crippen molar-refractivity contribution < 1.29 is 4.79 Å². The third-order valence-electron chi connectivity index (χ3n) is 3.47. The van der Waals surface area contributed by atoms with Crippen LogP contribution in [0.3, 0.4) is 0 Å². The van der Waals surface area contributed by atoms with E-state index in [1.54, 1.807) is 0 Å². The van der Waals surface area contributed by atoms with E-state index in [0.29, 0.717) is 5.56 Å². The van der Waals surface area contributed by atoms with Gasteiger partial charge in [0.25, 0.3) is 0 Å². The van der Waals surface area contributed by atoms with Crippen LogP contribution in [0.5, 0.6) is 0 Å². The molecular weight excluding hydrogens is 372 g/mol. The summed E-state index contributed by atoms with van der Waals surface area (Å²) in [6.45, 7) is 3.79. The molecule has 0 unspecified atom stereocenters. The van der Waals surface area contributed by atoms with Crippen molar-refractivity contribution in [2.75, 3.05) is 0 Å². The quantitative estimate of drug-likeness (QED) is 0.356. The average Bonchev–Trinajstić information content (AvgIpc) is 2.54. The van der Waals surface area contributed by atoms with E-state index in [0.717, 1.165) is 26.2 Å². The lowest BCUT2D eigenvalue weighted by Crippen LogP contribution is -2.13. The summed E-state index contributed by atoms with van der Waals surface area (Å²) in [7, 11) is 0. The van der Waals surface area contributed by atoms with Crippen LogP contribution in [0.15, 0.2) is 58.0 Å². The van der Waals surface area contributed by atoms with E-state index in [1.165, 1.54) is 11.8 Å². The third-order valence-corrected chi connectivity index (χ3v) is 5.10. The van der Waals surface area contributed by atoms with E-state index in [1.807, 2.05) is 62.4 Å². The Morgan fingerprint density at radius 1 is 1.09 bits per heavy atom. The summed E-state index contributed by atoms with van der Waals surface area (Å²) in [5, 5.41) is 1.62. The van der Waals surface area contributed by atoms with Crippen LogP contribution < -0.4 is 0 Å². The van der Waals surface area contributed by atoms with Gasteiger partial charge in [0.1, 0.15) is 10.9 Å². The first-order valence-electron chi connectivity index (χ1n) is 7.24. The molecular formula is C18H15BrN2OS. The maximum Gasteiger partial charge on any atom is 0.175 e. The molecule has 0 N–H and O–H groups in total. The monoisotopic (exact) mass is 386 g/mol. The second-order valence-corrected chi connectivity index (χ2v) is 7.47. The van der Waals surface area contributed by atoms with Crippen LogP contribution in [0, 0.1) is 6.92 Å². The van der Waals surface area contributed by atoms with E-state index in [4.69, 9.17) is 0 Å². The fraction of sp³-hybridized carbons (Fsp3) is 0.167. The summed E-state index contributed by atoms with van der Waals surface area (Å²) < 4.78 is 0.965. The SMILES string of the molecule is Cc1nc(S[C@@H](C)C(=O)c2ccc(Br)cc2)c2ccccc2n1. The first-order valence-corrected chi connectivity index (χ1v) is 8.91. The molecule has 0 amide bonds. The topological polar surface area (TPSA) is 42.9 Å². The second kappa shape index (κ2) is 6.81. The number of halogens is 1. The number of thioether (sulfide) groups is 1. The molecule has 3 rings (SSSR count). The Morgan fingerprint density at radius 2 is 1.78 bits per heavy atom. The predicted octanol–water partition coefficient (Wildman–Crippen LogP) is 5.06. The molecule has 0 saturated heterocycles. The van der Waals surface area contributed by atoms with Gasteiger partial charge in [-0.25, -0.2) is 9.97 Å². The number of Topliss-reactive ketones (excluding diaryl/α,β-unsaturated/α-hetero) is 1. The molecule has 0 saturated carbocycles. The number of carbonyl (C=O) groups is 1. The number of rotatable bonds is 4. The molecule has 116 valence electrons. The summed E-state index contributed by atoms with van der Waals surface area (Å²) >= 11 is 4.87. The molecule has 3 aromatic rings. The average molecular weight is 387 g/mol. The molecule has 1 heterocycles. The van der Waals surface area contributed by atoms with Gasteiger partial charge in [-0.3, -0.25) is 4.79 Å². The van der Waals surface area contributed by atoms with Crippen LogP contribution in [0.25, 0.3) is 10.9 Å². The number of nitrogens with zero attached hydrogens (tertiary/aromatic N) is 2. The molecule has 0 fully saturated rings. The Balaban J connectivity index is 1.89. The molecule has 1 aromatic heterocycles. The summed E-state index contributed by atoms with van der Waals surface area (Å²) in [4.78, 5) is 21.6. The van der Waals surface area contributed by atoms with Crippen molar-refractivity contribution in [3.63, 3.8) is 0 Å². The summed E-state index contributed by atoms with van der Waals surface area (Å²) in [6, 6.07) is 15.3. The normalized spacial score (nSPS) is 12.3. The minimum Gasteiger partial charge on any atom is -0.293 e. The molecule has 0 radical (unpaired) electrons. The fourth-order valence-corrected chi connectivity index (χ4v) is 3.64. The molecule has 0 spiro atoms. The van der Waals surface area contributed by atoms with Gasteiger partial charge in [-0.15, -0.1) is 0 Å². The van der Waals surface area contributed by atoms with Crippen molar-refractivity contribution in [1.29, 1.82) is 0 Å². The predicted molar refractivity (Wildman–Crippen MR) is 98.1 cm³/mol.